The molecule has 2 aromatic rings. The monoisotopic (exact) mass is 693 g/mol. The molecule has 3 fully saturated rings. The normalized spacial score (nSPS) is 22.8. The zero-order valence-corrected chi connectivity index (χ0v) is 27.3. The van der Waals surface area contributed by atoms with Crippen molar-refractivity contribution in [2.75, 3.05) is 51.2 Å². The molecule has 0 spiro atoms. The van der Waals surface area contributed by atoms with E-state index in [0.717, 1.165) is 43.5 Å². The largest absolute Gasteiger partial charge is 0.507 e. The molecule has 4 aliphatic rings. The van der Waals surface area contributed by atoms with Gasteiger partial charge in [-0.2, -0.15) is 0 Å². The van der Waals surface area contributed by atoms with Crippen molar-refractivity contribution in [1.82, 2.24) is 19.6 Å². The van der Waals surface area contributed by atoms with Crippen LogP contribution in [0, 0.1) is 11.8 Å². The van der Waals surface area contributed by atoms with Gasteiger partial charge in [0.1, 0.15) is 5.75 Å². The van der Waals surface area contributed by atoms with Crippen molar-refractivity contribution < 1.29 is 29.3 Å². The maximum absolute atomic E-state index is 13.8. The number of nitrogens with one attached hydrogen (secondary N) is 1. The first-order valence-corrected chi connectivity index (χ1v) is 16.9. The van der Waals surface area contributed by atoms with Crippen LogP contribution in [0.5, 0.6) is 5.75 Å². The fourth-order valence-corrected chi connectivity index (χ4v) is 7.44. The third-order valence-corrected chi connectivity index (χ3v) is 10.3. The van der Waals surface area contributed by atoms with E-state index in [1.807, 2.05) is 29.2 Å². The second-order valence-electron chi connectivity index (χ2n) is 12.4. The number of amides is 4. The van der Waals surface area contributed by atoms with Crippen LogP contribution < -0.4 is 5.32 Å². The van der Waals surface area contributed by atoms with Gasteiger partial charge >= 0.3 is 12.1 Å². The minimum atomic E-state index is -1.31. The van der Waals surface area contributed by atoms with Gasteiger partial charge in [0, 0.05) is 62.1 Å². The molecule has 0 bridgehead atoms. The molecule has 4 amide bonds. The van der Waals surface area contributed by atoms with Crippen LogP contribution in [0.15, 0.2) is 46.9 Å². The average Bonchev–Trinajstić information content (AvgIpc) is 3.72. The van der Waals surface area contributed by atoms with Crippen molar-refractivity contribution in [3.63, 3.8) is 0 Å². The number of carbonyl (C=O) groups excluding carboxylic acids is 3. The van der Waals surface area contributed by atoms with Crippen LogP contribution in [0.1, 0.15) is 43.2 Å². The molecule has 4 heterocycles. The highest BCUT2D eigenvalue weighted by Crippen LogP contribution is 2.28. The van der Waals surface area contributed by atoms with Gasteiger partial charge < -0.3 is 35.0 Å². The number of ether oxygens (including phenoxy) is 1. The Morgan fingerprint density at radius 2 is 1.76 bits per heavy atom. The van der Waals surface area contributed by atoms with Gasteiger partial charge in [-0.05, 0) is 96.7 Å². The maximum atomic E-state index is 13.8. The number of fused-ring (bicyclic) bond motifs is 1. The number of aromatic hydroxyl groups is 1. The van der Waals surface area contributed by atoms with E-state index >= 15 is 0 Å². The second kappa shape index (κ2) is 14.3. The second-order valence-corrected chi connectivity index (χ2v) is 13.2. The van der Waals surface area contributed by atoms with E-state index in [9.17, 15) is 24.6 Å². The van der Waals surface area contributed by atoms with Crippen LogP contribution in [0.4, 0.5) is 15.3 Å². The van der Waals surface area contributed by atoms with E-state index in [1.165, 1.54) is 6.07 Å². The lowest BCUT2D eigenvalue weighted by atomic mass is 10.0. The Morgan fingerprint density at radius 1 is 1.00 bits per heavy atom. The van der Waals surface area contributed by atoms with Gasteiger partial charge in [0.2, 0.25) is 6.10 Å². The summed E-state index contributed by atoms with van der Waals surface area (Å²) in [5.41, 5.74) is 2.50. The number of urea groups is 1. The minimum Gasteiger partial charge on any atom is -0.507 e. The molecule has 0 aliphatic carbocycles. The highest BCUT2D eigenvalue weighted by atomic mass is 79.9. The Morgan fingerprint density at radius 3 is 2.54 bits per heavy atom. The molecule has 2 aromatic carbocycles. The molecule has 3 atom stereocenters. The first-order valence-electron chi connectivity index (χ1n) is 16.1. The van der Waals surface area contributed by atoms with E-state index in [-0.39, 0.29) is 42.4 Å². The fourth-order valence-electron chi connectivity index (χ4n) is 7.06. The van der Waals surface area contributed by atoms with Gasteiger partial charge in [-0.15, -0.1) is 0 Å². The molecule has 0 radical (unpaired) electrons. The summed E-state index contributed by atoms with van der Waals surface area (Å²) in [6.07, 6.45) is 2.79. The van der Waals surface area contributed by atoms with Crippen LogP contribution in [0.3, 0.4) is 0 Å². The Balaban J connectivity index is 1.11. The molecule has 11 nitrogen and oxygen atoms in total. The lowest BCUT2D eigenvalue weighted by molar-refractivity contribution is -0.137. The number of carbonyl (C=O) groups is 3. The quantitative estimate of drug-likeness (QED) is 0.409. The molecule has 0 aromatic heterocycles. The van der Waals surface area contributed by atoms with Gasteiger partial charge in [0.05, 0.1) is 11.1 Å². The molecule has 3 saturated heterocycles. The van der Waals surface area contributed by atoms with Gasteiger partial charge in [0.25, 0.3) is 5.91 Å². The molecular weight excluding hydrogens is 654 g/mol. The molecule has 4 aliphatic heterocycles. The number of rotatable bonds is 5. The zero-order chi connectivity index (χ0) is 32.2. The number of aliphatic hydroxyl groups excluding tert-OH is 1. The van der Waals surface area contributed by atoms with Crippen molar-refractivity contribution in [3.8, 4) is 17.6 Å². The van der Waals surface area contributed by atoms with Gasteiger partial charge in [-0.3, -0.25) is 9.69 Å². The summed E-state index contributed by atoms with van der Waals surface area (Å²) < 4.78 is 6.29. The van der Waals surface area contributed by atoms with Crippen molar-refractivity contribution >= 4 is 39.6 Å². The van der Waals surface area contributed by atoms with Crippen molar-refractivity contribution in [2.24, 2.45) is 0 Å². The molecule has 3 N–H and O–H groups in total. The standard InChI is InChI=1S/C34H40BrN5O6/c35-28-20-23(7-9-30(28)42)8-10-31(32(43)38-18-14-26(21-38)39-15-3-5-27(39)22-41)46-34(45)37-16-12-25(13-17-37)40-19-11-24-4-1-2-6-29(24)36-33(40)44/h1-2,4,6-7,9,20,25-27,31,41-42H,3,5,11-19,21-22H2,(H,36,44). The number of phenols is 1. The summed E-state index contributed by atoms with van der Waals surface area (Å²) in [5, 5.41) is 22.7. The van der Waals surface area contributed by atoms with Crippen molar-refractivity contribution in [1.29, 1.82) is 0 Å². The number of para-hydroxylation sites is 1. The lowest BCUT2D eigenvalue weighted by Crippen LogP contribution is -2.51. The number of nitrogens with zero attached hydrogens (tertiary/aromatic N) is 4. The third-order valence-electron chi connectivity index (χ3n) is 9.62. The van der Waals surface area contributed by atoms with Crippen LogP contribution >= 0.6 is 15.9 Å². The SMILES string of the molecule is O=C(OC(C#Cc1ccc(O)c(Br)c1)C(=O)N1CCC(N2CCCC2CO)C1)N1CCC(N2CCc3ccccc3NC2=O)CC1. The van der Waals surface area contributed by atoms with E-state index in [2.05, 4.69) is 38.0 Å². The topological polar surface area (TPSA) is 126 Å². The first kappa shape index (κ1) is 32.2. The molecule has 46 heavy (non-hydrogen) atoms. The highest BCUT2D eigenvalue weighted by molar-refractivity contribution is 9.10. The summed E-state index contributed by atoms with van der Waals surface area (Å²) in [6.45, 7) is 3.39. The number of aliphatic hydroxyl groups is 1. The van der Waals surface area contributed by atoms with Crippen molar-refractivity contribution in [3.05, 3.63) is 58.1 Å². The Kier molecular flexibility index (Phi) is 10.0. The molecule has 3 unspecified atom stereocenters. The van der Waals surface area contributed by atoms with E-state index in [4.69, 9.17) is 4.74 Å². The number of hydrogen-bond acceptors (Lipinski definition) is 7. The average molecular weight is 695 g/mol. The Labute approximate surface area is 277 Å². The number of hydrogen-bond donors (Lipinski definition) is 3. The van der Waals surface area contributed by atoms with Crippen LogP contribution in [-0.2, 0) is 16.0 Å². The summed E-state index contributed by atoms with van der Waals surface area (Å²) in [4.78, 5) is 47.7. The highest BCUT2D eigenvalue weighted by Gasteiger charge is 2.39. The predicted molar refractivity (Wildman–Crippen MR) is 175 cm³/mol. The predicted octanol–water partition coefficient (Wildman–Crippen LogP) is 3.62. The van der Waals surface area contributed by atoms with Gasteiger partial charge in [-0.1, -0.05) is 24.1 Å². The maximum Gasteiger partial charge on any atom is 0.411 e. The molecule has 244 valence electrons. The number of anilines is 1. The summed E-state index contributed by atoms with van der Waals surface area (Å²) >= 11 is 3.29. The molecule has 0 saturated carbocycles. The number of piperidine rings is 1. The van der Waals surface area contributed by atoms with Crippen molar-refractivity contribution in [2.45, 2.75) is 62.8 Å². The van der Waals surface area contributed by atoms with Crippen LogP contribution in [0.25, 0.3) is 0 Å². The number of benzene rings is 2. The summed E-state index contributed by atoms with van der Waals surface area (Å²) in [7, 11) is 0. The number of halogens is 1. The molecular formula is C34H40BrN5O6. The van der Waals surface area contributed by atoms with Crippen LogP contribution in [-0.4, -0.2) is 118 Å². The van der Waals surface area contributed by atoms with Gasteiger partial charge in [-0.25, -0.2) is 9.59 Å². The number of phenolic OH excluding ortho intramolecular Hbond substituents is 1. The van der Waals surface area contributed by atoms with Crippen LogP contribution in [0.2, 0.25) is 0 Å². The molecule has 6 rings (SSSR count). The lowest BCUT2D eigenvalue weighted by Gasteiger charge is -2.37. The summed E-state index contributed by atoms with van der Waals surface area (Å²) in [5.74, 6) is 5.54. The molecule has 12 heteroatoms. The third kappa shape index (κ3) is 7.12. The van der Waals surface area contributed by atoms with E-state index in [1.54, 1.807) is 21.9 Å². The first-order chi connectivity index (χ1) is 22.3. The smallest absolute Gasteiger partial charge is 0.411 e. The number of likely N-dealkylation sites (tertiary alicyclic amines) is 3. The Hall–Kier alpha value is -3.79. The zero-order valence-electron chi connectivity index (χ0n) is 25.7. The Bertz CT molecular complexity index is 1520. The fraction of sp³-hybridized carbons (Fsp3) is 0.500. The minimum absolute atomic E-state index is 0.0154. The van der Waals surface area contributed by atoms with Gasteiger partial charge in [0.15, 0.2) is 0 Å². The van der Waals surface area contributed by atoms with E-state index < -0.39 is 12.2 Å². The summed E-state index contributed by atoms with van der Waals surface area (Å²) in [6, 6.07) is 12.7. The van der Waals surface area contributed by atoms with E-state index in [0.29, 0.717) is 55.6 Å².